The fourth-order valence-electron chi connectivity index (χ4n) is 2.26. The van der Waals surface area contributed by atoms with Gasteiger partial charge in [0.25, 0.3) is 0 Å². The average molecular weight is 263 g/mol. The summed E-state index contributed by atoms with van der Waals surface area (Å²) in [6.45, 7) is 7.45. The zero-order valence-electron chi connectivity index (χ0n) is 12.7. The smallest absolute Gasteiger partial charge is 0.119 e. The van der Waals surface area contributed by atoms with Gasteiger partial charge in [0.15, 0.2) is 0 Å². The number of hydrogen-bond acceptors (Lipinski definition) is 2. The van der Waals surface area contributed by atoms with Crippen LogP contribution >= 0.6 is 0 Å². The summed E-state index contributed by atoms with van der Waals surface area (Å²) >= 11 is 0. The van der Waals surface area contributed by atoms with Gasteiger partial charge in [0, 0.05) is 6.04 Å². The lowest BCUT2D eigenvalue weighted by Gasteiger charge is -2.18. The van der Waals surface area contributed by atoms with Gasteiger partial charge in [-0.25, -0.2) is 0 Å². The molecule has 0 bridgehead atoms. The molecule has 1 unspecified atom stereocenters. The number of ether oxygens (including phenoxy) is 1. The average Bonchev–Trinajstić information content (AvgIpc) is 2.45. The lowest BCUT2D eigenvalue weighted by atomic mass is 9.92. The van der Waals surface area contributed by atoms with Gasteiger partial charge < -0.3 is 10.5 Å². The third kappa shape index (κ3) is 5.65. The Hall–Kier alpha value is -1.02. The Bertz CT molecular complexity index is 330. The highest BCUT2D eigenvalue weighted by atomic mass is 16.5. The number of rotatable bonds is 9. The first-order chi connectivity index (χ1) is 9.21. The Morgan fingerprint density at radius 2 is 1.68 bits per heavy atom. The van der Waals surface area contributed by atoms with Crippen molar-refractivity contribution in [2.75, 3.05) is 6.61 Å². The van der Waals surface area contributed by atoms with Crippen LogP contribution in [0.15, 0.2) is 24.3 Å². The van der Waals surface area contributed by atoms with Crippen LogP contribution in [0.3, 0.4) is 0 Å². The van der Waals surface area contributed by atoms with E-state index in [9.17, 15) is 0 Å². The third-order valence-electron chi connectivity index (χ3n) is 3.82. The predicted octanol–water partition coefficient (Wildman–Crippen LogP) is 4.69. The monoisotopic (exact) mass is 263 g/mol. The molecule has 108 valence electrons. The maximum atomic E-state index is 6.28. The van der Waals surface area contributed by atoms with E-state index >= 15 is 0 Å². The molecule has 0 amide bonds. The summed E-state index contributed by atoms with van der Waals surface area (Å²) in [6.07, 6.45) is 5.77. The first kappa shape index (κ1) is 16.0. The molecule has 0 aliphatic rings. The van der Waals surface area contributed by atoms with Crippen molar-refractivity contribution < 1.29 is 4.74 Å². The van der Waals surface area contributed by atoms with E-state index in [2.05, 4.69) is 32.9 Å². The van der Waals surface area contributed by atoms with Crippen molar-refractivity contribution in [3.63, 3.8) is 0 Å². The molecule has 1 rings (SSSR count). The standard InChI is InChI=1S/C17H29NO/c1-4-7-12-19-16-10-8-15(9-11-16)17(18)13-14(5-2)6-3/h8-11,14,17H,4-7,12-13,18H2,1-3H3. The normalized spacial score (nSPS) is 12.7. The van der Waals surface area contributed by atoms with Gasteiger partial charge in [-0.15, -0.1) is 0 Å². The van der Waals surface area contributed by atoms with Crippen LogP contribution in [0.4, 0.5) is 0 Å². The molecule has 1 aromatic rings. The molecule has 0 saturated heterocycles. The summed E-state index contributed by atoms with van der Waals surface area (Å²) in [7, 11) is 0. The Morgan fingerprint density at radius 3 is 2.21 bits per heavy atom. The molecule has 1 aromatic carbocycles. The maximum Gasteiger partial charge on any atom is 0.119 e. The van der Waals surface area contributed by atoms with Crippen LogP contribution in [0.25, 0.3) is 0 Å². The molecule has 1 atom stereocenters. The first-order valence-electron chi connectivity index (χ1n) is 7.69. The van der Waals surface area contributed by atoms with Crippen LogP contribution in [-0.4, -0.2) is 6.61 Å². The van der Waals surface area contributed by atoms with Gasteiger partial charge in [-0.05, 0) is 36.5 Å². The molecule has 0 aromatic heterocycles. The maximum absolute atomic E-state index is 6.28. The number of unbranched alkanes of at least 4 members (excludes halogenated alkanes) is 1. The second-order valence-electron chi connectivity index (χ2n) is 5.30. The van der Waals surface area contributed by atoms with Gasteiger partial charge >= 0.3 is 0 Å². The lowest BCUT2D eigenvalue weighted by Crippen LogP contribution is -2.14. The van der Waals surface area contributed by atoms with Gasteiger partial charge in [0.05, 0.1) is 6.61 Å². The molecule has 0 spiro atoms. The van der Waals surface area contributed by atoms with Crippen molar-refractivity contribution in [1.82, 2.24) is 0 Å². The number of nitrogens with two attached hydrogens (primary N) is 1. The third-order valence-corrected chi connectivity index (χ3v) is 3.82. The summed E-state index contributed by atoms with van der Waals surface area (Å²) in [5.74, 6) is 1.68. The summed E-state index contributed by atoms with van der Waals surface area (Å²) in [6, 6.07) is 8.44. The molecule has 0 fully saturated rings. The number of benzene rings is 1. The van der Waals surface area contributed by atoms with Crippen molar-refractivity contribution in [3.05, 3.63) is 29.8 Å². The summed E-state index contributed by atoms with van der Waals surface area (Å²) in [5, 5.41) is 0. The highest BCUT2D eigenvalue weighted by Crippen LogP contribution is 2.24. The van der Waals surface area contributed by atoms with E-state index in [1.54, 1.807) is 0 Å². The molecule has 2 nitrogen and oxygen atoms in total. The zero-order chi connectivity index (χ0) is 14.1. The van der Waals surface area contributed by atoms with Crippen molar-refractivity contribution in [2.24, 2.45) is 11.7 Å². The van der Waals surface area contributed by atoms with E-state index in [0.29, 0.717) is 0 Å². The fourth-order valence-corrected chi connectivity index (χ4v) is 2.26. The molecular formula is C17H29NO. The van der Waals surface area contributed by atoms with E-state index in [1.165, 1.54) is 24.8 Å². The predicted molar refractivity (Wildman–Crippen MR) is 82.5 cm³/mol. The van der Waals surface area contributed by atoms with E-state index < -0.39 is 0 Å². The second-order valence-corrected chi connectivity index (χ2v) is 5.30. The minimum atomic E-state index is 0.148. The van der Waals surface area contributed by atoms with Gasteiger partial charge in [-0.1, -0.05) is 52.2 Å². The van der Waals surface area contributed by atoms with Crippen LogP contribution in [0.2, 0.25) is 0 Å². The van der Waals surface area contributed by atoms with Crippen molar-refractivity contribution in [2.45, 2.75) is 58.9 Å². The van der Waals surface area contributed by atoms with Gasteiger partial charge in [0.1, 0.15) is 5.75 Å². The van der Waals surface area contributed by atoms with Crippen LogP contribution in [0, 0.1) is 5.92 Å². The van der Waals surface area contributed by atoms with Crippen LogP contribution < -0.4 is 10.5 Å². The van der Waals surface area contributed by atoms with Crippen molar-refractivity contribution in [3.8, 4) is 5.75 Å². The molecule has 19 heavy (non-hydrogen) atoms. The van der Waals surface area contributed by atoms with Gasteiger partial charge in [0.2, 0.25) is 0 Å². The first-order valence-corrected chi connectivity index (χ1v) is 7.69. The van der Waals surface area contributed by atoms with Crippen LogP contribution in [0.1, 0.15) is 64.5 Å². The lowest BCUT2D eigenvalue weighted by molar-refractivity contribution is 0.309. The molecule has 0 saturated carbocycles. The minimum Gasteiger partial charge on any atom is -0.494 e. The van der Waals surface area contributed by atoms with Crippen molar-refractivity contribution in [1.29, 1.82) is 0 Å². The van der Waals surface area contributed by atoms with E-state index in [4.69, 9.17) is 10.5 Å². The number of hydrogen-bond donors (Lipinski definition) is 1. The van der Waals surface area contributed by atoms with E-state index in [1.807, 2.05) is 12.1 Å². The largest absolute Gasteiger partial charge is 0.494 e. The molecule has 0 aliphatic heterocycles. The Morgan fingerprint density at radius 1 is 1.05 bits per heavy atom. The molecule has 0 radical (unpaired) electrons. The Balaban J connectivity index is 2.50. The van der Waals surface area contributed by atoms with Crippen molar-refractivity contribution >= 4 is 0 Å². The molecule has 0 aliphatic carbocycles. The fraction of sp³-hybridized carbons (Fsp3) is 0.647. The highest BCUT2D eigenvalue weighted by Gasteiger charge is 2.12. The highest BCUT2D eigenvalue weighted by molar-refractivity contribution is 5.29. The Labute approximate surface area is 118 Å². The molecule has 2 heteroatoms. The van der Waals surface area contributed by atoms with Gasteiger partial charge in [-0.2, -0.15) is 0 Å². The molecule has 2 N–H and O–H groups in total. The minimum absolute atomic E-state index is 0.148. The quantitative estimate of drug-likeness (QED) is 0.656. The second kappa shape index (κ2) is 8.98. The molecular weight excluding hydrogens is 234 g/mol. The van der Waals surface area contributed by atoms with E-state index in [0.717, 1.165) is 31.1 Å². The van der Waals surface area contributed by atoms with Gasteiger partial charge in [-0.3, -0.25) is 0 Å². The summed E-state index contributed by atoms with van der Waals surface area (Å²) in [4.78, 5) is 0. The summed E-state index contributed by atoms with van der Waals surface area (Å²) < 4.78 is 5.66. The Kier molecular flexibility index (Phi) is 7.57. The zero-order valence-corrected chi connectivity index (χ0v) is 12.7. The summed E-state index contributed by atoms with van der Waals surface area (Å²) in [5.41, 5.74) is 7.50. The van der Waals surface area contributed by atoms with Crippen LogP contribution in [-0.2, 0) is 0 Å². The van der Waals surface area contributed by atoms with Crippen LogP contribution in [0.5, 0.6) is 5.75 Å². The molecule has 0 heterocycles. The topological polar surface area (TPSA) is 35.2 Å². The van der Waals surface area contributed by atoms with E-state index in [-0.39, 0.29) is 6.04 Å². The SMILES string of the molecule is CCCCOc1ccc(C(N)CC(CC)CC)cc1.